The SMILES string of the molecule is Cc1cc(Br)ccc1NC(=O)Cn1c(=O)n(CCC(C)C)c(=O)c2ccccc21. The van der Waals surface area contributed by atoms with Crippen LogP contribution in [0.15, 0.2) is 56.5 Å². The summed E-state index contributed by atoms with van der Waals surface area (Å²) < 4.78 is 3.54. The molecule has 0 radical (unpaired) electrons. The second-order valence-electron chi connectivity index (χ2n) is 7.53. The number of benzene rings is 2. The molecule has 1 amide bonds. The summed E-state index contributed by atoms with van der Waals surface area (Å²) in [4.78, 5) is 38.6. The molecule has 1 aromatic heterocycles. The largest absolute Gasteiger partial charge is 0.331 e. The molecule has 1 N–H and O–H groups in total. The van der Waals surface area contributed by atoms with E-state index in [1.165, 1.54) is 9.13 Å². The first-order chi connectivity index (χ1) is 13.8. The first-order valence-corrected chi connectivity index (χ1v) is 10.4. The molecule has 3 rings (SSSR count). The summed E-state index contributed by atoms with van der Waals surface area (Å²) in [6.45, 7) is 6.13. The Bertz CT molecular complexity index is 1180. The summed E-state index contributed by atoms with van der Waals surface area (Å²) >= 11 is 3.40. The molecule has 3 aromatic rings. The molecule has 0 unspecified atom stereocenters. The number of fused-ring (bicyclic) bond motifs is 1. The standard InChI is InChI=1S/C22H24BrN3O3/c1-14(2)10-11-25-21(28)17-6-4-5-7-19(17)26(22(25)29)13-20(27)24-18-9-8-16(23)12-15(18)3/h4-9,12,14H,10-11,13H2,1-3H3,(H,24,27). The Morgan fingerprint density at radius 3 is 2.52 bits per heavy atom. The van der Waals surface area contributed by atoms with E-state index in [1.54, 1.807) is 24.3 Å². The number of halogens is 1. The molecule has 0 fully saturated rings. The van der Waals surface area contributed by atoms with Crippen molar-refractivity contribution in [1.29, 1.82) is 0 Å². The summed E-state index contributed by atoms with van der Waals surface area (Å²) in [5.74, 6) is 0.0293. The molecule has 2 aromatic carbocycles. The van der Waals surface area contributed by atoms with Gasteiger partial charge in [0.1, 0.15) is 6.54 Å². The van der Waals surface area contributed by atoms with Crippen molar-refractivity contribution in [3.63, 3.8) is 0 Å². The second kappa shape index (κ2) is 8.78. The van der Waals surface area contributed by atoms with Crippen LogP contribution in [0.2, 0.25) is 0 Å². The van der Waals surface area contributed by atoms with Crippen LogP contribution >= 0.6 is 15.9 Å². The van der Waals surface area contributed by atoms with Gasteiger partial charge in [0.15, 0.2) is 0 Å². The Hall–Kier alpha value is -2.67. The number of carbonyl (C=O) groups is 1. The fourth-order valence-electron chi connectivity index (χ4n) is 3.21. The van der Waals surface area contributed by atoms with Gasteiger partial charge in [0.2, 0.25) is 5.91 Å². The van der Waals surface area contributed by atoms with Crippen molar-refractivity contribution in [2.75, 3.05) is 5.32 Å². The van der Waals surface area contributed by atoms with Crippen molar-refractivity contribution in [2.24, 2.45) is 5.92 Å². The van der Waals surface area contributed by atoms with E-state index in [9.17, 15) is 14.4 Å². The van der Waals surface area contributed by atoms with Crippen LogP contribution in [-0.2, 0) is 17.9 Å². The number of hydrogen-bond acceptors (Lipinski definition) is 3. The van der Waals surface area contributed by atoms with Crippen LogP contribution < -0.4 is 16.6 Å². The Balaban J connectivity index is 2.00. The Morgan fingerprint density at radius 2 is 1.83 bits per heavy atom. The maximum atomic E-state index is 13.1. The van der Waals surface area contributed by atoms with E-state index in [1.807, 2.05) is 39.0 Å². The molecule has 0 saturated carbocycles. The molecule has 0 aliphatic heterocycles. The smallest absolute Gasteiger partial charge is 0.324 e. The number of nitrogens with one attached hydrogen (secondary N) is 1. The van der Waals surface area contributed by atoms with E-state index < -0.39 is 5.69 Å². The zero-order valence-corrected chi connectivity index (χ0v) is 18.3. The molecule has 29 heavy (non-hydrogen) atoms. The van der Waals surface area contributed by atoms with Gasteiger partial charge in [-0.05, 0) is 55.2 Å². The van der Waals surface area contributed by atoms with E-state index in [4.69, 9.17) is 0 Å². The Morgan fingerprint density at radius 1 is 1.10 bits per heavy atom. The molecule has 6 nitrogen and oxygen atoms in total. The van der Waals surface area contributed by atoms with Gasteiger partial charge in [-0.15, -0.1) is 0 Å². The van der Waals surface area contributed by atoms with Crippen molar-refractivity contribution in [1.82, 2.24) is 9.13 Å². The quantitative estimate of drug-likeness (QED) is 0.609. The summed E-state index contributed by atoms with van der Waals surface area (Å²) in [6, 6.07) is 12.5. The number of rotatable bonds is 6. The Kier molecular flexibility index (Phi) is 6.37. The lowest BCUT2D eigenvalue weighted by Gasteiger charge is -2.15. The number of para-hydroxylation sites is 1. The first kappa shape index (κ1) is 21.0. The van der Waals surface area contributed by atoms with Crippen LogP contribution in [0, 0.1) is 12.8 Å². The van der Waals surface area contributed by atoms with Gasteiger partial charge in [0, 0.05) is 16.7 Å². The number of hydrogen-bond donors (Lipinski definition) is 1. The molecular weight excluding hydrogens is 434 g/mol. The molecule has 0 aliphatic rings. The average molecular weight is 458 g/mol. The fourth-order valence-corrected chi connectivity index (χ4v) is 3.68. The monoisotopic (exact) mass is 457 g/mol. The van der Waals surface area contributed by atoms with Gasteiger partial charge in [-0.1, -0.05) is 41.9 Å². The number of anilines is 1. The predicted octanol–water partition coefficient (Wildman–Crippen LogP) is 3.92. The highest BCUT2D eigenvalue weighted by molar-refractivity contribution is 9.10. The minimum Gasteiger partial charge on any atom is -0.324 e. The summed E-state index contributed by atoms with van der Waals surface area (Å²) in [5, 5.41) is 3.29. The van der Waals surface area contributed by atoms with Crippen molar-refractivity contribution in [3.8, 4) is 0 Å². The van der Waals surface area contributed by atoms with Gasteiger partial charge in [0.25, 0.3) is 5.56 Å². The van der Waals surface area contributed by atoms with Crippen LogP contribution in [-0.4, -0.2) is 15.0 Å². The number of carbonyl (C=O) groups excluding carboxylic acids is 1. The normalized spacial score (nSPS) is 11.2. The average Bonchev–Trinajstić information content (AvgIpc) is 2.67. The van der Waals surface area contributed by atoms with Gasteiger partial charge < -0.3 is 5.32 Å². The lowest BCUT2D eigenvalue weighted by atomic mass is 10.1. The van der Waals surface area contributed by atoms with Crippen LogP contribution in [0.1, 0.15) is 25.8 Å². The summed E-state index contributed by atoms with van der Waals surface area (Å²) in [6.07, 6.45) is 0.706. The zero-order valence-electron chi connectivity index (χ0n) is 16.7. The number of aromatic nitrogens is 2. The summed E-state index contributed by atoms with van der Waals surface area (Å²) in [5.41, 5.74) is 1.28. The van der Waals surface area contributed by atoms with Gasteiger partial charge in [0.05, 0.1) is 10.9 Å². The fraction of sp³-hybridized carbons (Fsp3) is 0.318. The highest BCUT2D eigenvalue weighted by atomic mass is 79.9. The maximum absolute atomic E-state index is 13.1. The lowest BCUT2D eigenvalue weighted by Crippen LogP contribution is -2.42. The van der Waals surface area contributed by atoms with Gasteiger partial charge in [-0.25, -0.2) is 4.79 Å². The topological polar surface area (TPSA) is 73.1 Å². The molecule has 0 saturated heterocycles. The number of amides is 1. The van der Waals surface area contributed by atoms with Gasteiger partial charge in [-0.3, -0.25) is 18.7 Å². The third kappa shape index (κ3) is 4.67. The molecule has 0 atom stereocenters. The van der Waals surface area contributed by atoms with E-state index in [0.29, 0.717) is 35.5 Å². The van der Waals surface area contributed by atoms with Crippen molar-refractivity contribution >= 4 is 38.4 Å². The predicted molar refractivity (Wildman–Crippen MR) is 119 cm³/mol. The maximum Gasteiger partial charge on any atom is 0.331 e. The second-order valence-corrected chi connectivity index (χ2v) is 8.45. The molecule has 7 heteroatoms. The zero-order chi connectivity index (χ0) is 21.1. The van der Waals surface area contributed by atoms with Crippen molar-refractivity contribution in [3.05, 3.63) is 73.3 Å². The lowest BCUT2D eigenvalue weighted by molar-refractivity contribution is -0.116. The van der Waals surface area contributed by atoms with E-state index in [2.05, 4.69) is 21.2 Å². The van der Waals surface area contributed by atoms with Gasteiger partial charge in [-0.2, -0.15) is 0 Å². The van der Waals surface area contributed by atoms with Crippen LogP contribution in [0.3, 0.4) is 0 Å². The number of aryl methyl sites for hydroxylation is 1. The third-order valence-corrected chi connectivity index (χ3v) is 5.32. The molecule has 0 bridgehead atoms. The van der Waals surface area contributed by atoms with E-state index in [-0.39, 0.29) is 18.0 Å². The van der Waals surface area contributed by atoms with Gasteiger partial charge >= 0.3 is 5.69 Å². The molecule has 152 valence electrons. The molecule has 1 heterocycles. The highest BCUT2D eigenvalue weighted by Gasteiger charge is 2.16. The van der Waals surface area contributed by atoms with Crippen LogP contribution in [0.25, 0.3) is 10.9 Å². The summed E-state index contributed by atoms with van der Waals surface area (Å²) in [7, 11) is 0. The minimum absolute atomic E-state index is 0.170. The molecule has 0 aliphatic carbocycles. The van der Waals surface area contributed by atoms with E-state index in [0.717, 1.165) is 10.0 Å². The van der Waals surface area contributed by atoms with Crippen molar-refractivity contribution in [2.45, 2.75) is 40.3 Å². The van der Waals surface area contributed by atoms with Crippen LogP contribution in [0.5, 0.6) is 0 Å². The van der Waals surface area contributed by atoms with E-state index >= 15 is 0 Å². The third-order valence-electron chi connectivity index (χ3n) is 4.83. The molecular formula is C22H24BrN3O3. The minimum atomic E-state index is -0.461. The molecule has 0 spiro atoms. The first-order valence-electron chi connectivity index (χ1n) is 9.56. The number of nitrogens with zero attached hydrogens (tertiary/aromatic N) is 2. The Labute approximate surface area is 177 Å². The van der Waals surface area contributed by atoms with Crippen LogP contribution in [0.4, 0.5) is 5.69 Å². The van der Waals surface area contributed by atoms with Crippen molar-refractivity contribution < 1.29 is 4.79 Å². The highest BCUT2D eigenvalue weighted by Crippen LogP contribution is 2.20.